The molecular weight excluding hydrogens is 215 g/mol. The van der Waals surface area contributed by atoms with E-state index in [1.807, 2.05) is 13.0 Å². The summed E-state index contributed by atoms with van der Waals surface area (Å²) < 4.78 is 13.0. The summed E-state index contributed by atoms with van der Waals surface area (Å²) in [4.78, 5) is 2.15. The van der Waals surface area contributed by atoms with Crippen molar-refractivity contribution in [3.63, 3.8) is 0 Å². The number of benzene rings is 1. The van der Waals surface area contributed by atoms with Crippen LogP contribution in [0, 0.1) is 18.2 Å². The molecule has 1 aliphatic rings. The molecule has 1 saturated heterocycles. The maximum atomic E-state index is 13.0. The average molecular weight is 234 g/mol. The highest BCUT2D eigenvalue weighted by atomic mass is 19.1. The first-order chi connectivity index (χ1) is 8.16. The molecule has 0 amide bonds. The number of likely N-dealkylation sites (tertiary alicyclic amines) is 1. The Balaban J connectivity index is 1.95. The lowest BCUT2D eigenvalue weighted by Crippen LogP contribution is -2.36. The summed E-state index contributed by atoms with van der Waals surface area (Å²) >= 11 is 0. The molecule has 0 saturated carbocycles. The molecule has 2 nitrogen and oxygen atoms in total. The number of aryl methyl sites for hydroxylation is 1. The largest absolute Gasteiger partial charge is 0.360 e. The van der Waals surface area contributed by atoms with Gasteiger partial charge in [0.2, 0.25) is 0 Å². The minimum absolute atomic E-state index is 0.169. The molecule has 1 fully saturated rings. The molecule has 0 bridgehead atoms. The zero-order valence-corrected chi connectivity index (χ0v) is 10.3. The van der Waals surface area contributed by atoms with Gasteiger partial charge in [-0.2, -0.15) is 0 Å². The molecule has 0 atom stereocenters. The molecule has 1 aliphatic heterocycles. The zero-order valence-electron chi connectivity index (χ0n) is 10.3. The summed E-state index contributed by atoms with van der Waals surface area (Å²) in [5.41, 5.74) is 2.19. The third kappa shape index (κ3) is 3.05. The third-order valence-corrected chi connectivity index (χ3v) is 3.43. The van der Waals surface area contributed by atoms with E-state index < -0.39 is 0 Å². The summed E-state index contributed by atoms with van der Waals surface area (Å²) in [6.45, 7) is 3.82. The Morgan fingerprint density at radius 2 is 2.18 bits per heavy atom. The van der Waals surface area contributed by atoms with Gasteiger partial charge in [-0.05, 0) is 49.4 Å². The first-order valence-corrected chi connectivity index (χ1v) is 6.24. The van der Waals surface area contributed by atoms with Crippen molar-refractivity contribution in [3.8, 4) is 0 Å². The van der Waals surface area contributed by atoms with Crippen LogP contribution in [-0.4, -0.2) is 23.8 Å². The Bertz CT molecular complexity index is 415. The smallest absolute Gasteiger partial charge is 0.123 e. The van der Waals surface area contributed by atoms with Gasteiger partial charge in [-0.3, -0.25) is 5.41 Å². The number of nitrogens with one attached hydrogen (secondary N) is 1. The van der Waals surface area contributed by atoms with Gasteiger partial charge in [-0.1, -0.05) is 6.07 Å². The molecular formula is C14H19FN2. The highest BCUT2D eigenvalue weighted by Crippen LogP contribution is 2.14. The first kappa shape index (κ1) is 12.1. The van der Waals surface area contributed by atoms with Gasteiger partial charge in [0.15, 0.2) is 0 Å². The second-order valence-corrected chi connectivity index (χ2v) is 4.71. The fraction of sp³-hybridized carbons (Fsp3) is 0.500. The topological polar surface area (TPSA) is 27.1 Å². The van der Waals surface area contributed by atoms with Crippen LogP contribution in [0.25, 0.3) is 0 Å². The van der Waals surface area contributed by atoms with Crippen LogP contribution in [0.3, 0.4) is 0 Å². The van der Waals surface area contributed by atoms with Crippen LogP contribution in [0.15, 0.2) is 18.2 Å². The van der Waals surface area contributed by atoms with Gasteiger partial charge in [0.05, 0.1) is 5.84 Å². The molecule has 0 spiro atoms. The van der Waals surface area contributed by atoms with E-state index >= 15 is 0 Å². The molecule has 92 valence electrons. The van der Waals surface area contributed by atoms with E-state index in [-0.39, 0.29) is 5.82 Å². The molecule has 0 aromatic heterocycles. The Morgan fingerprint density at radius 1 is 1.35 bits per heavy atom. The summed E-state index contributed by atoms with van der Waals surface area (Å²) in [6, 6.07) is 4.96. The second-order valence-electron chi connectivity index (χ2n) is 4.71. The van der Waals surface area contributed by atoms with E-state index in [2.05, 4.69) is 4.90 Å². The summed E-state index contributed by atoms with van der Waals surface area (Å²) in [5, 5.41) is 7.87. The third-order valence-electron chi connectivity index (χ3n) is 3.43. The predicted octanol–water partition coefficient (Wildman–Crippen LogP) is 3.14. The lowest BCUT2D eigenvalue weighted by Gasteiger charge is -2.29. The van der Waals surface area contributed by atoms with Crippen LogP contribution in [0.5, 0.6) is 0 Å². The van der Waals surface area contributed by atoms with Gasteiger partial charge in [0.1, 0.15) is 5.82 Å². The molecule has 0 aliphatic carbocycles. The maximum absolute atomic E-state index is 13.0. The number of hydrogen-bond acceptors (Lipinski definition) is 1. The van der Waals surface area contributed by atoms with Crippen molar-refractivity contribution >= 4 is 5.84 Å². The van der Waals surface area contributed by atoms with E-state index in [1.54, 1.807) is 6.07 Å². The van der Waals surface area contributed by atoms with E-state index in [4.69, 9.17) is 5.41 Å². The number of rotatable bonds is 3. The standard InChI is InChI=1S/C14H19FN2/c1-11-10-13(15)6-5-12(11)7-9-17-8-3-2-4-14(17)16/h5-6,10,16H,2-4,7-9H2,1H3. The number of amidine groups is 1. The fourth-order valence-electron chi connectivity index (χ4n) is 2.33. The van der Waals surface area contributed by atoms with Gasteiger partial charge < -0.3 is 4.90 Å². The normalized spacial score (nSPS) is 16.4. The quantitative estimate of drug-likeness (QED) is 0.854. The molecule has 0 radical (unpaired) electrons. The Kier molecular flexibility index (Phi) is 3.77. The van der Waals surface area contributed by atoms with Gasteiger partial charge >= 0.3 is 0 Å². The monoisotopic (exact) mass is 234 g/mol. The summed E-state index contributed by atoms with van der Waals surface area (Å²) in [6.07, 6.45) is 4.13. The minimum atomic E-state index is -0.169. The molecule has 1 aromatic carbocycles. The van der Waals surface area contributed by atoms with Crippen molar-refractivity contribution in [2.24, 2.45) is 0 Å². The molecule has 1 N–H and O–H groups in total. The van der Waals surface area contributed by atoms with Crippen LogP contribution in [-0.2, 0) is 6.42 Å². The molecule has 1 heterocycles. The van der Waals surface area contributed by atoms with Gasteiger partial charge in [0, 0.05) is 19.5 Å². The maximum Gasteiger partial charge on any atom is 0.123 e. The molecule has 0 unspecified atom stereocenters. The van der Waals surface area contributed by atoms with Gasteiger partial charge in [-0.25, -0.2) is 4.39 Å². The zero-order chi connectivity index (χ0) is 12.3. The van der Waals surface area contributed by atoms with Crippen molar-refractivity contribution in [1.29, 1.82) is 5.41 Å². The highest BCUT2D eigenvalue weighted by Gasteiger charge is 2.14. The van der Waals surface area contributed by atoms with Gasteiger partial charge in [0.25, 0.3) is 0 Å². The van der Waals surface area contributed by atoms with Crippen molar-refractivity contribution in [3.05, 3.63) is 35.1 Å². The fourth-order valence-corrected chi connectivity index (χ4v) is 2.33. The highest BCUT2D eigenvalue weighted by molar-refractivity contribution is 5.79. The lowest BCUT2D eigenvalue weighted by atomic mass is 10.0. The summed E-state index contributed by atoms with van der Waals surface area (Å²) in [7, 11) is 0. The number of nitrogens with zero attached hydrogens (tertiary/aromatic N) is 1. The summed E-state index contributed by atoms with van der Waals surface area (Å²) in [5.74, 6) is 0.591. The van der Waals surface area contributed by atoms with E-state index in [1.165, 1.54) is 18.1 Å². The van der Waals surface area contributed by atoms with Crippen molar-refractivity contribution in [1.82, 2.24) is 4.90 Å². The SMILES string of the molecule is Cc1cc(F)ccc1CCN1CCCCC1=N. The Labute approximate surface area is 102 Å². The molecule has 2 rings (SSSR count). The first-order valence-electron chi connectivity index (χ1n) is 6.24. The van der Waals surface area contributed by atoms with Gasteiger partial charge in [-0.15, -0.1) is 0 Å². The van der Waals surface area contributed by atoms with Crippen molar-refractivity contribution in [2.75, 3.05) is 13.1 Å². The van der Waals surface area contributed by atoms with E-state index in [0.29, 0.717) is 0 Å². The molecule has 17 heavy (non-hydrogen) atoms. The number of hydrogen-bond donors (Lipinski definition) is 1. The van der Waals surface area contributed by atoms with Crippen molar-refractivity contribution < 1.29 is 4.39 Å². The van der Waals surface area contributed by atoms with Crippen molar-refractivity contribution in [2.45, 2.75) is 32.6 Å². The molecule has 1 aromatic rings. The number of piperidine rings is 1. The van der Waals surface area contributed by atoms with Crippen LogP contribution in [0.4, 0.5) is 4.39 Å². The molecule has 3 heteroatoms. The lowest BCUT2D eigenvalue weighted by molar-refractivity contribution is 0.370. The number of halogens is 1. The minimum Gasteiger partial charge on any atom is -0.360 e. The van der Waals surface area contributed by atoms with Crippen LogP contribution in [0.2, 0.25) is 0 Å². The Hall–Kier alpha value is -1.38. The van der Waals surface area contributed by atoms with Crippen LogP contribution < -0.4 is 0 Å². The van der Waals surface area contributed by atoms with E-state index in [0.717, 1.165) is 43.8 Å². The van der Waals surface area contributed by atoms with Crippen LogP contribution >= 0.6 is 0 Å². The van der Waals surface area contributed by atoms with E-state index in [9.17, 15) is 4.39 Å². The van der Waals surface area contributed by atoms with Crippen LogP contribution in [0.1, 0.15) is 30.4 Å². The second kappa shape index (κ2) is 5.30. The predicted molar refractivity (Wildman–Crippen MR) is 68.0 cm³/mol. The average Bonchev–Trinajstić information content (AvgIpc) is 2.30. The Morgan fingerprint density at radius 3 is 2.88 bits per heavy atom.